The van der Waals surface area contributed by atoms with Crippen molar-refractivity contribution in [3.05, 3.63) is 0 Å². The van der Waals surface area contributed by atoms with Crippen molar-refractivity contribution in [2.45, 2.75) is 26.3 Å². The molecule has 3 N–H and O–H groups in total. The van der Waals surface area contributed by atoms with Crippen molar-refractivity contribution in [1.29, 1.82) is 0 Å². The largest absolute Gasteiger partial charge is 0.355 e. The van der Waals surface area contributed by atoms with Gasteiger partial charge in [0.15, 0.2) is 0 Å². The zero-order valence-electron chi connectivity index (χ0n) is 9.12. The lowest BCUT2D eigenvalue weighted by atomic mass is 9.98. The van der Waals surface area contributed by atoms with Crippen molar-refractivity contribution in [1.82, 2.24) is 10.2 Å². The molecule has 0 aromatic rings. The van der Waals surface area contributed by atoms with Gasteiger partial charge in [-0.1, -0.05) is 6.92 Å². The van der Waals surface area contributed by atoms with Crippen LogP contribution >= 0.6 is 0 Å². The number of amides is 1. The number of carbonyl (C=O) groups excluding carboxylic acids is 1. The summed E-state index contributed by atoms with van der Waals surface area (Å²) in [7, 11) is 0. The van der Waals surface area contributed by atoms with Crippen molar-refractivity contribution in [2.75, 3.05) is 26.2 Å². The molecule has 0 aliphatic carbocycles. The quantitative estimate of drug-likeness (QED) is 0.644. The van der Waals surface area contributed by atoms with E-state index in [1.165, 1.54) is 0 Å². The molecule has 1 heterocycles. The van der Waals surface area contributed by atoms with Crippen LogP contribution in [0.25, 0.3) is 0 Å². The monoisotopic (exact) mass is 199 g/mol. The number of rotatable bonds is 5. The van der Waals surface area contributed by atoms with Gasteiger partial charge in [0.25, 0.3) is 0 Å². The van der Waals surface area contributed by atoms with Gasteiger partial charge in [-0.2, -0.15) is 0 Å². The summed E-state index contributed by atoms with van der Waals surface area (Å²) < 4.78 is 0. The molecular formula is C10H21N3O. The van der Waals surface area contributed by atoms with Gasteiger partial charge >= 0.3 is 0 Å². The van der Waals surface area contributed by atoms with Gasteiger partial charge in [0.05, 0.1) is 6.04 Å². The number of carbonyl (C=O) groups is 1. The van der Waals surface area contributed by atoms with Gasteiger partial charge in [-0.3, -0.25) is 9.69 Å². The van der Waals surface area contributed by atoms with Crippen LogP contribution in [0.15, 0.2) is 0 Å². The van der Waals surface area contributed by atoms with E-state index in [4.69, 9.17) is 5.73 Å². The third kappa shape index (κ3) is 2.69. The highest BCUT2D eigenvalue weighted by Gasteiger charge is 2.32. The molecule has 0 bridgehead atoms. The van der Waals surface area contributed by atoms with Crippen LogP contribution in [0.2, 0.25) is 0 Å². The highest BCUT2D eigenvalue weighted by Crippen LogP contribution is 2.17. The van der Waals surface area contributed by atoms with Crippen LogP contribution in [-0.2, 0) is 4.79 Å². The van der Waals surface area contributed by atoms with Gasteiger partial charge in [0, 0.05) is 19.6 Å². The maximum absolute atomic E-state index is 11.5. The Bertz CT molecular complexity index is 190. The molecule has 0 aromatic heterocycles. The van der Waals surface area contributed by atoms with Crippen molar-refractivity contribution in [3.63, 3.8) is 0 Å². The smallest absolute Gasteiger partial charge is 0.237 e. The van der Waals surface area contributed by atoms with Gasteiger partial charge in [-0.25, -0.2) is 0 Å². The second-order valence-corrected chi connectivity index (χ2v) is 4.02. The molecule has 82 valence electrons. The van der Waals surface area contributed by atoms with Crippen LogP contribution in [0.1, 0.15) is 20.3 Å². The Morgan fingerprint density at radius 1 is 1.64 bits per heavy atom. The maximum atomic E-state index is 11.5. The minimum Gasteiger partial charge on any atom is -0.355 e. The SMILES string of the molecule is CCCNC(=O)C(C)N1CC(CN)C1. The Balaban J connectivity index is 2.21. The first kappa shape index (κ1) is 11.5. The average Bonchev–Trinajstić information content (AvgIpc) is 2.12. The van der Waals surface area contributed by atoms with Gasteiger partial charge < -0.3 is 11.1 Å². The molecule has 1 amide bonds. The van der Waals surface area contributed by atoms with Crippen LogP contribution in [0, 0.1) is 5.92 Å². The van der Waals surface area contributed by atoms with E-state index in [0.29, 0.717) is 5.92 Å². The first-order chi connectivity index (χ1) is 6.69. The van der Waals surface area contributed by atoms with Crippen molar-refractivity contribution < 1.29 is 4.79 Å². The number of nitrogens with two attached hydrogens (primary N) is 1. The molecule has 4 nitrogen and oxygen atoms in total. The predicted octanol–water partition coefficient (Wildman–Crippen LogP) is -0.208. The Morgan fingerprint density at radius 3 is 2.79 bits per heavy atom. The van der Waals surface area contributed by atoms with E-state index in [1.54, 1.807) is 0 Å². The topological polar surface area (TPSA) is 58.4 Å². The molecule has 1 fully saturated rings. The number of likely N-dealkylation sites (tertiary alicyclic amines) is 1. The van der Waals surface area contributed by atoms with Crippen LogP contribution in [-0.4, -0.2) is 43.0 Å². The molecule has 1 rings (SSSR count). The summed E-state index contributed by atoms with van der Waals surface area (Å²) in [5.41, 5.74) is 5.53. The van der Waals surface area contributed by atoms with E-state index in [9.17, 15) is 4.79 Å². The van der Waals surface area contributed by atoms with Crippen LogP contribution in [0.3, 0.4) is 0 Å². The van der Waals surface area contributed by atoms with Crippen molar-refractivity contribution in [3.8, 4) is 0 Å². The molecular weight excluding hydrogens is 178 g/mol. The highest BCUT2D eigenvalue weighted by atomic mass is 16.2. The molecule has 0 saturated carbocycles. The lowest BCUT2D eigenvalue weighted by molar-refractivity contribution is -0.128. The van der Waals surface area contributed by atoms with E-state index >= 15 is 0 Å². The van der Waals surface area contributed by atoms with Crippen LogP contribution < -0.4 is 11.1 Å². The standard InChI is InChI=1S/C10H21N3O/c1-3-4-12-10(14)8(2)13-6-9(5-11)7-13/h8-9H,3-7,11H2,1-2H3,(H,12,14). The number of hydrogen-bond donors (Lipinski definition) is 2. The summed E-state index contributed by atoms with van der Waals surface area (Å²) in [6, 6.07) is 0.00403. The van der Waals surface area contributed by atoms with Gasteiger partial charge in [0.2, 0.25) is 5.91 Å². The zero-order chi connectivity index (χ0) is 10.6. The number of nitrogens with zero attached hydrogens (tertiary/aromatic N) is 1. The Hall–Kier alpha value is -0.610. The molecule has 0 aromatic carbocycles. The normalized spacial score (nSPS) is 20.2. The molecule has 0 radical (unpaired) electrons. The summed E-state index contributed by atoms with van der Waals surface area (Å²) in [5.74, 6) is 0.735. The lowest BCUT2D eigenvalue weighted by Crippen LogP contribution is -2.57. The second-order valence-electron chi connectivity index (χ2n) is 4.02. The minimum absolute atomic E-state index is 0.00403. The third-order valence-corrected chi connectivity index (χ3v) is 2.80. The van der Waals surface area contributed by atoms with Crippen molar-refractivity contribution in [2.24, 2.45) is 11.7 Å². The summed E-state index contributed by atoms with van der Waals surface area (Å²) >= 11 is 0. The lowest BCUT2D eigenvalue weighted by Gasteiger charge is -2.41. The summed E-state index contributed by atoms with van der Waals surface area (Å²) in [6.45, 7) is 7.46. The first-order valence-corrected chi connectivity index (χ1v) is 5.40. The fourth-order valence-electron chi connectivity index (χ4n) is 1.64. The molecule has 0 spiro atoms. The van der Waals surface area contributed by atoms with Crippen molar-refractivity contribution >= 4 is 5.91 Å². The average molecular weight is 199 g/mol. The fraction of sp³-hybridized carbons (Fsp3) is 0.900. The molecule has 1 unspecified atom stereocenters. The first-order valence-electron chi connectivity index (χ1n) is 5.40. The molecule has 14 heavy (non-hydrogen) atoms. The van der Waals surface area contributed by atoms with Gasteiger partial charge in [-0.15, -0.1) is 0 Å². The minimum atomic E-state index is 0.00403. The summed E-state index contributed by atoms with van der Waals surface area (Å²) in [5, 5.41) is 2.90. The Kier molecular flexibility index (Phi) is 4.35. The van der Waals surface area contributed by atoms with Gasteiger partial charge in [0.1, 0.15) is 0 Å². The van der Waals surface area contributed by atoms with E-state index < -0.39 is 0 Å². The Labute approximate surface area is 85.8 Å². The second kappa shape index (κ2) is 5.32. The van der Waals surface area contributed by atoms with E-state index in [1.807, 2.05) is 6.92 Å². The van der Waals surface area contributed by atoms with E-state index in [2.05, 4.69) is 17.1 Å². The summed E-state index contributed by atoms with van der Waals surface area (Å²) in [4.78, 5) is 13.7. The van der Waals surface area contributed by atoms with E-state index in [-0.39, 0.29) is 11.9 Å². The third-order valence-electron chi connectivity index (χ3n) is 2.80. The number of hydrogen-bond acceptors (Lipinski definition) is 3. The fourth-order valence-corrected chi connectivity index (χ4v) is 1.64. The highest BCUT2D eigenvalue weighted by molar-refractivity contribution is 5.81. The molecule has 4 heteroatoms. The van der Waals surface area contributed by atoms with Crippen LogP contribution in [0.4, 0.5) is 0 Å². The number of nitrogens with one attached hydrogen (secondary N) is 1. The molecule has 1 aliphatic rings. The molecule has 1 saturated heterocycles. The van der Waals surface area contributed by atoms with Gasteiger partial charge in [-0.05, 0) is 25.8 Å². The van der Waals surface area contributed by atoms with E-state index in [0.717, 1.165) is 32.6 Å². The predicted molar refractivity (Wildman–Crippen MR) is 56.9 cm³/mol. The maximum Gasteiger partial charge on any atom is 0.237 e. The van der Waals surface area contributed by atoms with Crippen LogP contribution in [0.5, 0.6) is 0 Å². The summed E-state index contributed by atoms with van der Waals surface area (Å²) in [6.07, 6.45) is 0.990. The zero-order valence-corrected chi connectivity index (χ0v) is 9.12. The molecule has 1 atom stereocenters. The molecule has 1 aliphatic heterocycles. The Morgan fingerprint density at radius 2 is 2.29 bits per heavy atom.